The summed E-state index contributed by atoms with van der Waals surface area (Å²) in [6, 6.07) is 8.16. The van der Waals surface area contributed by atoms with E-state index < -0.39 is 11.7 Å². The largest absolute Gasteiger partial charge is 0.417 e. The highest BCUT2D eigenvalue weighted by Gasteiger charge is 2.30. The number of halogens is 3. The fourth-order valence-corrected chi connectivity index (χ4v) is 2.91. The number of nitrogens with zero attached hydrogens (tertiary/aromatic N) is 5. The lowest BCUT2D eigenvalue weighted by Gasteiger charge is -2.08. The van der Waals surface area contributed by atoms with Crippen LogP contribution in [0.15, 0.2) is 46.7 Å². The zero-order valence-corrected chi connectivity index (χ0v) is 13.6. The van der Waals surface area contributed by atoms with Gasteiger partial charge in [0.1, 0.15) is 5.03 Å². The van der Waals surface area contributed by atoms with E-state index in [1.54, 1.807) is 0 Å². The van der Waals surface area contributed by atoms with Crippen LogP contribution in [0, 0.1) is 13.8 Å². The van der Waals surface area contributed by atoms with Crippen LogP contribution in [0.25, 0.3) is 5.69 Å². The van der Waals surface area contributed by atoms with Crippen LogP contribution < -0.4 is 0 Å². The molecule has 0 saturated carbocycles. The molecular formula is C15H12F3N5S. The van der Waals surface area contributed by atoms with E-state index in [0.29, 0.717) is 10.2 Å². The number of hydrogen-bond acceptors (Lipinski definition) is 5. The fourth-order valence-electron chi connectivity index (χ4n) is 2.18. The predicted molar refractivity (Wildman–Crippen MR) is 82.0 cm³/mol. The summed E-state index contributed by atoms with van der Waals surface area (Å²) in [6.07, 6.45) is -3.61. The number of tetrazole rings is 1. The Morgan fingerprint density at radius 3 is 2.33 bits per heavy atom. The molecule has 0 radical (unpaired) electrons. The van der Waals surface area contributed by atoms with Crippen molar-refractivity contribution in [2.45, 2.75) is 30.2 Å². The van der Waals surface area contributed by atoms with E-state index in [1.807, 2.05) is 32.0 Å². The third-order valence-electron chi connectivity index (χ3n) is 3.15. The second-order valence-electron chi connectivity index (χ2n) is 5.20. The van der Waals surface area contributed by atoms with E-state index in [2.05, 4.69) is 20.5 Å². The van der Waals surface area contributed by atoms with Gasteiger partial charge in [0.15, 0.2) is 0 Å². The van der Waals surface area contributed by atoms with E-state index >= 15 is 0 Å². The van der Waals surface area contributed by atoms with Gasteiger partial charge < -0.3 is 0 Å². The van der Waals surface area contributed by atoms with Crippen molar-refractivity contribution in [3.05, 3.63) is 53.2 Å². The van der Waals surface area contributed by atoms with Crippen molar-refractivity contribution in [2.24, 2.45) is 0 Å². The Bertz CT molecular complexity index is 838. The first kappa shape index (κ1) is 16.4. The number of aromatic nitrogens is 5. The monoisotopic (exact) mass is 351 g/mol. The number of benzene rings is 1. The second kappa shape index (κ2) is 6.23. The number of aryl methyl sites for hydroxylation is 2. The summed E-state index contributed by atoms with van der Waals surface area (Å²) in [7, 11) is 0. The van der Waals surface area contributed by atoms with Crippen molar-refractivity contribution in [1.29, 1.82) is 0 Å². The molecular weight excluding hydrogens is 339 g/mol. The average Bonchev–Trinajstić information content (AvgIpc) is 2.94. The van der Waals surface area contributed by atoms with Gasteiger partial charge in [0, 0.05) is 6.20 Å². The molecule has 1 aromatic carbocycles. The lowest BCUT2D eigenvalue weighted by Crippen LogP contribution is -2.05. The first-order valence-electron chi connectivity index (χ1n) is 6.91. The molecule has 0 bridgehead atoms. The van der Waals surface area contributed by atoms with Gasteiger partial charge in [0.2, 0.25) is 5.16 Å². The molecule has 0 N–H and O–H groups in total. The predicted octanol–water partition coefficient (Wildman–Crippen LogP) is 3.84. The maximum absolute atomic E-state index is 12.6. The van der Waals surface area contributed by atoms with E-state index in [0.717, 1.165) is 40.8 Å². The zero-order chi connectivity index (χ0) is 17.3. The molecule has 0 fully saturated rings. The molecule has 0 spiro atoms. The van der Waals surface area contributed by atoms with Gasteiger partial charge >= 0.3 is 6.18 Å². The van der Waals surface area contributed by atoms with Crippen LogP contribution in [-0.4, -0.2) is 25.2 Å². The van der Waals surface area contributed by atoms with Crippen LogP contribution in [0.2, 0.25) is 0 Å². The maximum Gasteiger partial charge on any atom is 0.417 e. The highest BCUT2D eigenvalue weighted by Crippen LogP contribution is 2.31. The summed E-state index contributed by atoms with van der Waals surface area (Å²) in [5, 5.41) is 12.3. The molecule has 2 heterocycles. The molecule has 0 aliphatic heterocycles. The average molecular weight is 351 g/mol. The first-order valence-corrected chi connectivity index (χ1v) is 7.73. The Balaban J connectivity index is 1.88. The van der Waals surface area contributed by atoms with Crippen LogP contribution in [0.4, 0.5) is 13.2 Å². The van der Waals surface area contributed by atoms with Gasteiger partial charge in [0.25, 0.3) is 0 Å². The van der Waals surface area contributed by atoms with Crippen LogP contribution in [0.5, 0.6) is 0 Å². The maximum atomic E-state index is 12.6. The summed E-state index contributed by atoms with van der Waals surface area (Å²) in [6.45, 7) is 3.93. The highest BCUT2D eigenvalue weighted by atomic mass is 32.2. The van der Waals surface area contributed by atoms with Crippen LogP contribution >= 0.6 is 11.8 Å². The Hall–Kier alpha value is -2.42. The van der Waals surface area contributed by atoms with Gasteiger partial charge in [0.05, 0.1) is 11.3 Å². The number of hydrogen-bond donors (Lipinski definition) is 0. The Kier molecular flexibility index (Phi) is 4.27. The van der Waals surface area contributed by atoms with E-state index in [1.165, 1.54) is 10.7 Å². The molecule has 0 amide bonds. The third kappa shape index (κ3) is 3.56. The van der Waals surface area contributed by atoms with E-state index in [-0.39, 0.29) is 0 Å². The lowest BCUT2D eigenvalue weighted by molar-refractivity contribution is -0.137. The smallest absolute Gasteiger partial charge is 0.249 e. The van der Waals surface area contributed by atoms with Crippen molar-refractivity contribution < 1.29 is 13.2 Å². The van der Waals surface area contributed by atoms with Crippen molar-refractivity contribution in [3.8, 4) is 5.69 Å². The van der Waals surface area contributed by atoms with Crippen molar-refractivity contribution in [2.75, 3.05) is 0 Å². The van der Waals surface area contributed by atoms with Gasteiger partial charge in [-0.2, -0.15) is 17.9 Å². The van der Waals surface area contributed by atoms with Gasteiger partial charge in [-0.3, -0.25) is 0 Å². The minimum Gasteiger partial charge on any atom is -0.249 e. The summed E-state index contributed by atoms with van der Waals surface area (Å²) >= 11 is 1.10. The molecule has 0 saturated heterocycles. The Labute approximate surface area is 139 Å². The first-order chi connectivity index (χ1) is 11.3. The molecule has 124 valence electrons. The minimum absolute atomic E-state index is 0.378. The molecule has 9 heteroatoms. The van der Waals surface area contributed by atoms with E-state index in [4.69, 9.17) is 0 Å². The molecule has 0 unspecified atom stereocenters. The van der Waals surface area contributed by atoms with Gasteiger partial charge in [-0.05, 0) is 71.4 Å². The van der Waals surface area contributed by atoms with Crippen molar-refractivity contribution >= 4 is 11.8 Å². The topological polar surface area (TPSA) is 56.5 Å². The van der Waals surface area contributed by atoms with Crippen molar-refractivity contribution in [1.82, 2.24) is 25.2 Å². The fraction of sp³-hybridized carbons (Fsp3) is 0.200. The van der Waals surface area contributed by atoms with Gasteiger partial charge in [-0.1, -0.05) is 6.07 Å². The normalized spacial score (nSPS) is 11.7. The lowest BCUT2D eigenvalue weighted by atomic mass is 10.1. The highest BCUT2D eigenvalue weighted by molar-refractivity contribution is 7.99. The standard InChI is InChI=1S/C15H12F3N5S/c1-9-5-10(2)7-12(6-9)23-14(20-21-22-23)24-13-4-3-11(8-19-13)15(16,17)18/h3-8H,1-2H3. The Morgan fingerprint density at radius 2 is 1.75 bits per heavy atom. The molecule has 24 heavy (non-hydrogen) atoms. The van der Waals surface area contributed by atoms with Gasteiger partial charge in [-0.15, -0.1) is 5.10 Å². The van der Waals surface area contributed by atoms with Crippen LogP contribution in [0.3, 0.4) is 0 Å². The molecule has 0 aliphatic rings. The SMILES string of the molecule is Cc1cc(C)cc(-n2nnnc2Sc2ccc(C(F)(F)F)cn2)c1. The number of alkyl halides is 3. The summed E-state index contributed by atoms with van der Waals surface area (Å²) in [5.74, 6) is 0. The molecule has 0 aliphatic carbocycles. The van der Waals surface area contributed by atoms with Gasteiger partial charge in [-0.25, -0.2) is 4.98 Å². The summed E-state index contributed by atoms with van der Waals surface area (Å²) < 4.78 is 39.3. The molecule has 5 nitrogen and oxygen atoms in total. The molecule has 3 rings (SSSR count). The van der Waals surface area contributed by atoms with E-state index in [9.17, 15) is 13.2 Å². The summed E-state index contributed by atoms with van der Waals surface area (Å²) in [5.41, 5.74) is 2.11. The van der Waals surface area contributed by atoms with Crippen LogP contribution in [0.1, 0.15) is 16.7 Å². The molecule has 2 aromatic heterocycles. The number of rotatable bonds is 3. The van der Waals surface area contributed by atoms with Crippen LogP contribution in [-0.2, 0) is 6.18 Å². The number of pyridine rings is 1. The minimum atomic E-state index is -4.41. The molecule has 3 aromatic rings. The third-order valence-corrected chi connectivity index (χ3v) is 4.04. The van der Waals surface area contributed by atoms with Crippen molar-refractivity contribution in [3.63, 3.8) is 0 Å². The zero-order valence-electron chi connectivity index (χ0n) is 12.7. The molecule has 0 atom stereocenters. The Morgan fingerprint density at radius 1 is 1.04 bits per heavy atom. The quantitative estimate of drug-likeness (QED) is 0.717. The second-order valence-corrected chi connectivity index (χ2v) is 6.19. The summed E-state index contributed by atoms with van der Waals surface area (Å²) in [4.78, 5) is 3.82.